The molecule has 0 saturated carbocycles. The van der Waals surface area contributed by atoms with E-state index < -0.39 is 6.03 Å². The largest absolute Gasteiger partial charge is 0.369 e. The molecule has 1 heterocycles. The van der Waals surface area contributed by atoms with Gasteiger partial charge in [-0.05, 0) is 54.6 Å². The molecule has 2 amide bonds. The quantitative estimate of drug-likeness (QED) is 0.145. The van der Waals surface area contributed by atoms with Crippen molar-refractivity contribution in [3.63, 3.8) is 0 Å². The topological polar surface area (TPSA) is 69.3 Å². The summed E-state index contributed by atoms with van der Waals surface area (Å²) < 4.78 is 0. The number of rotatable bonds is 9. The molecule has 10 heteroatoms. The van der Waals surface area contributed by atoms with E-state index in [1.54, 1.807) is 18.2 Å². The molecule has 3 aromatic carbocycles. The van der Waals surface area contributed by atoms with Gasteiger partial charge in [0.25, 0.3) is 0 Å². The van der Waals surface area contributed by atoms with Gasteiger partial charge in [-0.2, -0.15) is 0 Å². The van der Waals surface area contributed by atoms with E-state index in [0.29, 0.717) is 57.5 Å². The highest BCUT2D eigenvalue weighted by atomic mass is 35.5. The third kappa shape index (κ3) is 6.45. The fraction of sp³-hybridized carbons (Fsp3) is 0.154. The van der Waals surface area contributed by atoms with Crippen molar-refractivity contribution in [1.82, 2.24) is 10.4 Å². The van der Waals surface area contributed by atoms with Gasteiger partial charge in [0.15, 0.2) is 0 Å². The molecule has 0 unspecified atom stereocenters. The number of carbonyl (C=O) groups excluding carboxylic acids is 1. The Bertz CT molecular complexity index is 1340. The first-order valence-electron chi connectivity index (χ1n) is 11.1. The molecule has 3 N–H and O–H groups in total. The van der Waals surface area contributed by atoms with E-state index in [4.69, 9.17) is 51.4 Å². The lowest BCUT2D eigenvalue weighted by Gasteiger charge is -2.23. The number of fused-ring (bicyclic) bond motifs is 1. The van der Waals surface area contributed by atoms with E-state index in [-0.39, 0.29) is 0 Å². The monoisotopic (exact) mass is 561 g/mol. The second-order valence-corrected chi connectivity index (χ2v) is 9.41. The molecule has 1 aromatic heterocycles. The summed E-state index contributed by atoms with van der Waals surface area (Å²) in [6.07, 6.45) is 0. The van der Waals surface area contributed by atoms with E-state index in [2.05, 4.69) is 21.1 Å². The van der Waals surface area contributed by atoms with E-state index in [1.165, 1.54) is 0 Å². The predicted octanol–water partition coefficient (Wildman–Crippen LogP) is 7.64. The molecule has 0 radical (unpaired) electrons. The fourth-order valence-electron chi connectivity index (χ4n) is 3.73. The molecule has 186 valence electrons. The van der Waals surface area contributed by atoms with Crippen LogP contribution in [0.2, 0.25) is 10.0 Å². The third-order valence-corrected chi connectivity index (χ3v) is 6.33. The molecule has 0 atom stereocenters. The van der Waals surface area contributed by atoms with Gasteiger partial charge in [-0.25, -0.2) is 9.78 Å². The summed E-state index contributed by atoms with van der Waals surface area (Å²) in [5, 5.41) is 4.73. The standard InChI is InChI=1S/C26H23Cl4N5O/c27-11-13-35(14-12-28)19-8-6-18(7-9-19)31-26(36)34-33-25-16-24(21-15-17(29)5-10-22(21)30)32-23-4-2-1-3-20(23)25/h1-10,15-16H,11-14H2,(H,32,33)(H2,31,34,36). The Labute approximate surface area is 229 Å². The second kappa shape index (κ2) is 12.4. The van der Waals surface area contributed by atoms with Crippen LogP contribution in [-0.2, 0) is 0 Å². The van der Waals surface area contributed by atoms with Crippen molar-refractivity contribution in [1.29, 1.82) is 0 Å². The van der Waals surface area contributed by atoms with Gasteiger partial charge in [0.2, 0.25) is 0 Å². The highest BCUT2D eigenvalue weighted by Gasteiger charge is 2.12. The van der Waals surface area contributed by atoms with Crippen molar-refractivity contribution in [3.05, 3.63) is 82.8 Å². The number of hydrazine groups is 1. The summed E-state index contributed by atoms with van der Waals surface area (Å²) in [5.74, 6) is 1.000. The van der Waals surface area contributed by atoms with Crippen molar-refractivity contribution in [3.8, 4) is 11.3 Å². The normalized spacial score (nSPS) is 10.8. The fourth-order valence-corrected chi connectivity index (χ4v) is 4.52. The number of benzene rings is 3. The number of anilines is 3. The van der Waals surface area contributed by atoms with Gasteiger partial charge in [-0.15, -0.1) is 23.2 Å². The number of hydrogen-bond donors (Lipinski definition) is 3. The van der Waals surface area contributed by atoms with Gasteiger partial charge < -0.3 is 10.2 Å². The Kier molecular flexibility index (Phi) is 8.99. The van der Waals surface area contributed by atoms with Crippen LogP contribution in [-0.4, -0.2) is 35.9 Å². The molecule has 36 heavy (non-hydrogen) atoms. The third-order valence-electron chi connectivity index (χ3n) is 5.43. The van der Waals surface area contributed by atoms with Crippen LogP contribution in [0.1, 0.15) is 0 Å². The number of amides is 2. The number of halogens is 4. The SMILES string of the molecule is O=C(NNc1cc(-c2cc(Cl)ccc2Cl)nc2ccccc12)Nc1ccc(N(CCCl)CCCl)cc1. The average molecular weight is 563 g/mol. The molecular formula is C26H23Cl4N5O. The summed E-state index contributed by atoms with van der Waals surface area (Å²) >= 11 is 24.4. The predicted molar refractivity (Wildman–Crippen MR) is 153 cm³/mol. The van der Waals surface area contributed by atoms with Crippen molar-refractivity contribution in [2.24, 2.45) is 0 Å². The second-order valence-electron chi connectivity index (χ2n) is 7.81. The Balaban J connectivity index is 1.49. The van der Waals surface area contributed by atoms with Gasteiger partial charge >= 0.3 is 6.03 Å². The molecule has 0 aliphatic rings. The number of nitrogens with one attached hydrogen (secondary N) is 3. The minimum absolute atomic E-state index is 0.427. The van der Waals surface area contributed by atoms with Crippen molar-refractivity contribution >= 4 is 80.4 Å². The van der Waals surface area contributed by atoms with Crippen LogP contribution >= 0.6 is 46.4 Å². The zero-order valence-electron chi connectivity index (χ0n) is 19.1. The summed E-state index contributed by atoms with van der Waals surface area (Å²) in [4.78, 5) is 19.4. The number of hydrogen-bond acceptors (Lipinski definition) is 4. The van der Waals surface area contributed by atoms with Crippen LogP contribution in [0.3, 0.4) is 0 Å². The zero-order chi connectivity index (χ0) is 25.5. The average Bonchev–Trinajstić information content (AvgIpc) is 2.89. The number of nitrogens with zero attached hydrogens (tertiary/aromatic N) is 2. The summed E-state index contributed by atoms with van der Waals surface area (Å²) in [5.41, 5.74) is 10.0. The molecular weight excluding hydrogens is 540 g/mol. The molecule has 0 aliphatic heterocycles. The van der Waals surface area contributed by atoms with E-state index >= 15 is 0 Å². The van der Waals surface area contributed by atoms with Crippen LogP contribution in [0.5, 0.6) is 0 Å². The lowest BCUT2D eigenvalue weighted by molar-refractivity contribution is 0.254. The van der Waals surface area contributed by atoms with Crippen LogP contribution in [0.25, 0.3) is 22.2 Å². The molecule has 6 nitrogen and oxygen atoms in total. The number of aromatic nitrogens is 1. The summed E-state index contributed by atoms with van der Waals surface area (Å²) in [6, 6.07) is 21.7. The van der Waals surface area contributed by atoms with Crippen molar-refractivity contribution in [2.75, 3.05) is 40.5 Å². The zero-order valence-corrected chi connectivity index (χ0v) is 22.1. The van der Waals surface area contributed by atoms with Crippen molar-refractivity contribution < 1.29 is 4.79 Å². The van der Waals surface area contributed by atoms with Gasteiger partial charge in [0.1, 0.15) is 0 Å². The maximum Gasteiger partial charge on any atom is 0.337 e. The van der Waals surface area contributed by atoms with Gasteiger partial charge in [-0.1, -0.05) is 41.4 Å². The smallest absolute Gasteiger partial charge is 0.337 e. The van der Waals surface area contributed by atoms with Gasteiger partial charge in [-0.3, -0.25) is 10.9 Å². The Morgan fingerprint density at radius 2 is 1.61 bits per heavy atom. The summed E-state index contributed by atoms with van der Waals surface area (Å²) in [6.45, 7) is 1.38. The molecule has 0 saturated heterocycles. The van der Waals surface area contributed by atoms with E-state index in [0.717, 1.165) is 16.6 Å². The van der Waals surface area contributed by atoms with Gasteiger partial charge in [0, 0.05) is 52.2 Å². The highest BCUT2D eigenvalue weighted by molar-refractivity contribution is 6.35. The minimum atomic E-state index is -0.427. The molecule has 0 spiro atoms. The summed E-state index contributed by atoms with van der Waals surface area (Å²) in [7, 11) is 0. The molecule has 0 fully saturated rings. The molecule has 4 rings (SSSR count). The number of carbonyl (C=O) groups is 1. The maximum atomic E-state index is 12.6. The first kappa shape index (κ1) is 26.2. The lowest BCUT2D eigenvalue weighted by Crippen LogP contribution is -2.33. The van der Waals surface area contributed by atoms with E-state index in [9.17, 15) is 4.79 Å². The lowest BCUT2D eigenvalue weighted by atomic mass is 10.1. The van der Waals surface area contributed by atoms with Crippen LogP contribution in [0.15, 0.2) is 72.8 Å². The number of alkyl halides is 2. The minimum Gasteiger partial charge on any atom is -0.369 e. The Morgan fingerprint density at radius 1 is 0.889 bits per heavy atom. The first-order chi connectivity index (χ1) is 17.5. The number of para-hydroxylation sites is 1. The first-order valence-corrected chi connectivity index (χ1v) is 13.0. The molecule has 4 aromatic rings. The van der Waals surface area contributed by atoms with Crippen LogP contribution in [0.4, 0.5) is 21.9 Å². The van der Waals surface area contributed by atoms with E-state index in [1.807, 2.05) is 54.6 Å². The Morgan fingerprint density at radius 3 is 2.33 bits per heavy atom. The van der Waals surface area contributed by atoms with Crippen LogP contribution < -0.4 is 21.1 Å². The van der Waals surface area contributed by atoms with Crippen LogP contribution in [0, 0.1) is 0 Å². The van der Waals surface area contributed by atoms with Crippen molar-refractivity contribution in [2.45, 2.75) is 0 Å². The number of urea groups is 1. The maximum absolute atomic E-state index is 12.6. The molecule has 0 bridgehead atoms. The Hall–Kier alpha value is -2.90. The molecule has 0 aliphatic carbocycles. The van der Waals surface area contributed by atoms with Gasteiger partial charge in [0.05, 0.1) is 21.9 Å². The highest BCUT2D eigenvalue weighted by Crippen LogP contribution is 2.33. The number of pyridine rings is 1.